The summed E-state index contributed by atoms with van der Waals surface area (Å²) in [6.45, 7) is 4.05. The van der Waals surface area contributed by atoms with Crippen LogP contribution in [0.1, 0.15) is 25.5 Å². The van der Waals surface area contributed by atoms with Crippen molar-refractivity contribution < 1.29 is 4.74 Å². The largest absolute Gasteiger partial charge is 0.434 e. The molecule has 0 saturated carbocycles. The van der Waals surface area contributed by atoms with Crippen molar-refractivity contribution in [2.75, 3.05) is 0 Å². The number of pyridine rings is 1. The van der Waals surface area contributed by atoms with Gasteiger partial charge in [0.05, 0.1) is 12.4 Å². The fourth-order valence-electron chi connectivity index (χ4n) is 1.32. The highest BCUT2D eigenvalue weighted by atomic mass is 16.5. The van der Waals surface area contributed by atoms with Crippen molar-refractivity contribution in [3.05, 3.63) is 36.3 Å². The Morgan fingerprint density at radius 3 is 2.94 bits per heavy atom. The van der Waals surface area contributed by atoms with Crippen molar-refractivity contribution in [2.45, 2.75) is 19.9 Å². The molecule has 86 valence electrons. The smallest absolute Gasteiger partial charge is 0.237 e. The molecule has 0 atom stereocenters. The van der Waals surface area contributed by atoms with Gasteiger partial charge in [-0.15, -0.1) is 0 Å². The van der Waals surface area contributed by atoms with E-state index in [4.69, 9.17) is 10.00 Å². The summed E-state index contributed by atoms with van der Waals surface area (Å²) in [5.41, 5.74) is 0.407. The van der Waals surface area contributed by atoms with Crippen molar-refractivity contribution in [1.29, 1.82) is 5.26 Å². The molecule has 0 saturated heterocycles. The first kappa shape index (κ1) is 11.1. The number of aromatic nitrogens is 3. The minimum atomic E-state index is 0.270. The number of nitriles is 1. The summed E-state index contributed by atoms with van der Waals surface area (Å²) in [5.74, 6) is 0.882. The number of ether oxygens (including phenoxy) is 1. The highest BCUT2D eigenvalue weighted by molar-refractivity contribution is 5.39. The number of rotatable bonds is 3. The molecule has 2 aromatic rings. The van der Waals surface area contributed by atoms with E-state index in [-0.39, 0.29) is 6.04 Å². The Balaban J connectivity index is 2.23. The van der Waals surface area contributed by atoms with Crippen LogP contribution in [-0.2, 0) is 0 Å². The van der Waals surface area contributed by atoms with E-state index < -0.39 is 0 Å². The topological polar surface area (TPSA) is 63.7 Å². The fraction of sp³-hybridized carbons (Fsp3) is 0.250. The molecule has 0 aliphatic heterocycles. The molecule has 0 aromatic carbocycles. The first-order valence-corrected chi connectivity index (χ1v) is 5.28. The third-order valence-corrected chi connectivity index (χ3v) is 2.21. The van der Waals surface area contributed by atoms with Crippen molar-refractivity contribution in [2.24, 2.45) is 0 Å². The predicted molar refractivity (Wildman–Crippen MR) is 61.6 cm³/mol. The summed E-state index contributed by atoms with van der Waals surface area (Å²) < 4.78 is 7.30. The van der Waals surface area contributed by atoms with Gasteiger partial charge in [0, 0.05) is 12.2 Å². The van der Waals surface area contributed by atoms with Gasteiger partial charge in [0.25, 0.3) is 0 Å². The number of hydrogen-bond donors (Lipinski definition) is 0. The Morgan fingerprint density at radius 1 is 1.47 bits per heavy atom. The fourth-order valence-corrected chi connectivity index (χ4v) is 1.32. The Labute approximate surface area is 99.3 Å². The van der Waals surface area contributed by atoms with E-state index in [1.54, 1.807) is 35.4 Å². The molecule has 0 aliphatic rings. The lowest BCUT2D eigenvalue weighted by Crippen LogP contribution is -1.99. The van der Waals surface area contributed by atoms with E-state index in [1.807, 2.05) is 19.9 Å². The first-order chi connectivity index (χ1) is 8.20. The van der Waals surface area contributed by atoms with Crippen LogP contribution in [0.3, 0.4) is 0 Å². The maximum atomic E-state index is 8.90. The van der Waals surface area contributed by atoms with Gasteiger partial charge >= 0.3 is 0 Å². The standard InChI is InChI=1S/C12H12N4O/c1-9(2)16-8-11(7-15-16)17-12-10(6-13)4-3-5-14-12/h3-5,7-9H,1-2H3. The quantitative estimate of drug-likeness (QED) is 0.809. The van der Waals surface area contributed by atoms with Crippen LogP contribution in [0.4, 0.5) is 0 Å². The second kappa shape index (κ2) is 4.66. The molecule has 2 aromatic heterocycles. The maximum Gasteiger partial charge on any atom is 0.237 e. The Morgan fingerprint density at radius 2 is 2.29 bits per heavy atom. The van der Waals surface area contributed by atoms with Crippen LogP contribution < -0.4 is 4.74 Å². The second-order valence-electron chi connectivity index (χ2n) is 3.82. The molecular weight excluding hydrogens is 216 g/mol. The van der Waals surface area contributed by atoms with Gasteiger partial charge in [-0.2, -0.15) is 10.4 Å². The van der Waals surface area contributed by atoms with Crippen molar-refractivity contribution in [1.82, 2.24) is 14.8 Å². The molecular formula is C12H12N4O. The van der Waals surface area contributed by atoms with Gasteiger partial charge in [-0.3, -0.25) is 4.68 Å². The zero-order chi connectivity index (χ0) is 12.3. The molecule has 0 radical (unpaired) electrons. The molecule has 0 N–H and O–H groups in total. The van der Waals surface area contributed by atoms with Crippen LogP contribution in [0.15, 0.2) is 30.7 Å². The van der Waals surface area contributed by atoms with Crippen LogP contribution in [0.5, 0.6) is 11.6 Å². The average Bonchev–Trinajstić information content (AvgIpc) is 2.78. The summed E-state index contributed by atoms with van der Waals surface area (Å²) in [6.07, 6.45) is 4.97. The van der Waals surface area contributed by atoms with Crippen LogP contribution in [-0.4, -0.2) is 14.8 Å². The third kappa shape index (κ3) is 2.42. The van der Waals surface area contributed by atoms with Gasteiger partial charge in [0.2, 0.25) is 5.88 Å². The Bertz CT molecular complexity index is 554. The van der Waals surface area contributed by atoms with Gasteiger partial charge in [-0.1, -0.05) is 0 Å². The SMILES string of the molecule is CC(C)n1cc(Oc2ncccc2C#N)cn1. The van der Waals surface area contributed by atoms with Gasteiger partial charge in [-0.25, -0.2) is 4.98 Å². The second-order valence-corrected chi connectivity index (χ2v) is 3.82. The Kier molecular flexibility index (Phi) is 3.06. The number of hydrogen-bond acceptors (Lipinski definition) is 4. The zero-order valence-corrected chi connectivity index (χ0v) is 9.66. The van der Waals surface area contributed by atoms with Gasteiger partial charge in [0.15, 0.2) is 5.75 Å². The minimum Gasteiger partial charge on any atom is -0.434 e. The highest BCUT2D eigenvalue weighted by Gasteiger charge is 2.08. The summed E-state index contributed by atoms with van der Waals surface area (Å²) in [5, 5.41) is 13.0. The molecule has 2 rings (SSSR count). The zero-order valence-electron chi connectivity index (χ0n) is 9.66. The van der Waals surface area contributed by atoms with Crippen molar-refractivity contribution >= 4 is 0 Å². The number of nitrogens with zero attached hydrogens (tertiary/aromatic N) is 4. The van der Waals surface area contributed by atoms with E-state index in [2.05, 4.69) is 10.1 Å². The van der Waals surface area contributed by atoms with Crippen LogP contribution >= 0.6 is 0 Å². The van der Waals surface area contributed by atoms with E-state index in [0.29, 0.717) is 17.2 Å². The molecule has 2 heterocycles. The third-order valence-electron chi connectivity index (χ3n) is 2.21. The monoisotopic (exact) mass is 228 g/mol. The summed E-state index contributed by atoms with van der Waals surface area (Å²) >= 11 is 0. The lowest BCUT2D eigenvalue weighted by Gasteiger charge is -2.04. The molecule has 0 fully saturated rings. The van der Waals surface area contributed by atoms with Crippen molar-refractivity contribution in [3.8, 4) is 17.7 Å². The van der Waals surface area contributed by atoms with E-state index in [9.17, 15) is 0 Å². The summed E-state index contributed by atoms with van der Waals surface area (Å²) in [6, 6.07) is 5.66. The molecule has 0 aliphatic carbocycles. The van der Waals surface area contributed by atoms with E-state index in [1.165, 1.54) is 0 Å². The van der Waals surface area contributed by atoms with Gasteiger partial charge in [-0.05, 0) is 26.0 Å². The van der Waals surface area contributed by atoms with Crippen LogP contribution in [0, 0.1) is 11.3 Å². The molecule has 0 unspecified atom stereocenters. The van der Waals surface area contributed by atoms with Crippen LogP contribution in [0.2, 0.25) is 0 Å². The molecule has 0 spiro atoms. The summed E-state index contributed by atoms with van der Waals surface area (Å²) in [4.78, 5) is 4.02. The first-order valence-electron chi connectivity index (χ1n) is 5.28. The van der Waals surface area contributed by atoms with Gasteiger partial charge in [0.1, 0.15) is 11.6 Å². The minimum absolute atomic E-state index is 0.270. The lowest BCUT2D eigenvalue weighted by molar-refractivity contribution is 0.457. The lowest BCUT2D eigenvalue weighted by atomic mass is 10.3. The molecule has 17 heavy (non-hydrogen) atoms. The highest BCUT2D eigenvalue weighted by Crippen LogP contribution is 2.22. The van der Waals surface area contributed by atoms with E-state index >= 15 is 0 Å². The molecule has 5 nitrogen and oxygen atoms in total. The average molecular weight is 228 g/mol. The maximum absolute atomic E-state index is 8.90. The van der Waals surface area contributed by atoms with E-state index in [0.717, 1.165) is 0 Å². The normalized spacial score (nSPS) is 10.2. The molecule has 5 heteroatoms. The Hall–Kier alpha value is -2.35. The molecule has 0 amide bonds. The van der Waals surface area contributed by atoms with Gasteiger partial charge < -0.3 is 4.74 Å². The molecule has 0 bridgehead atoms. The van der Waals surface area contributed by atoms with Crippen LogP contribution in [0.25, 0.3) is 0 Å². The van der Waals surface area contributed by atoms with Crippen molar-refractivity contribution in [3.63, 3.8) is 0 Å². The summed E-state index contributed by atoms with van der Waals surface area (Å²) in [7, 11) is 0. The predicted octanol–water partition coefficient (Wildman–Crippen LogP) is 2.52.